The Bertz CT molecular complexity index is 804. The topological polar surface area (TPSA) is 53.1 Å². The number of benzene rings is 1. The number of sulfonamides is 1. The van der Waals surface area contributed by atoms with Crippen LogP contribution in [0.2, 0.25) is 0 Å². The number of nitrogens with zero attached hydrogens (tertiary/aromatic N) is 3. The Morgan fingerprint density at radius 1 is 1.03 bits per heavy atom. The van der Waals surface area contributed by atoms with E-state index in [1.54, 1.807) is 10.4 Å². The first-order chi connectivity index (χ1) is 13.9. The van der Waals surface area contributed by atoms with Gasteiger partial charge in [-0.25, -0.2) is 8.42 Å². The molecule has 162 valence electrons. The summed E-state index contributed by atoms with van der Waals surface area (Å²) < 4.78 is 33.9. The van der Waals surface area contributed by atoms with Gasteiger partial charge in [-0.05, 0) is 48.4 Å². The SMILES string of the molecule is CC(C)CN1CCO[C@H](CN2CCN(S(=O)(=O)c3ccc4c(c3)CCC4)CC2)C1. The molecule has 0 saturated carbocycles. The van der Waals surface area contributed by atoms with Gasteiger partial charge in [0.1, 0.15) is 0 Å². The summed E-state index contributed by atoms with van der Waals surface area (Å²) in [6, 6.07) is 5.71. The predicted molar refractivity (Wildman–Crippen MR) is 115 cm³/mol. The molecular weight excluding hydrogens is 386 g/mol. The molecule has 0 bridgehead atoms. The molecule has 0 amide bonds. The Labute approximate surface area is 175 Å². The highest BCUT2D eigenvalue weighted by Crippen LogP contribution is 2.26. The maximum absolute atomic E-state index is 13.1. The van der Waals surface area contributed by atoms with Crippen LogP contribution in [-0.4, -0.2) is 87.6 Å². The number of hydrogen-bond acceptors (Lipinski definition) is 5. The maximum Gasteiger partial charge on any atom is 0.243 e. The van der Waals surface area contributed by atoms with Crippen molar-refractivity contribution in [2.45, 2.75) is 44.1 Å². The zero-order valence-corrected chi connectivity index (χ0v) is 18.7. The number of fused-ring (bicyclic) bond motifs is 1. The van der Waals surface area contributed by atoms with Gasteiger partial charge in [-0.2, -0.15) is 4.31 Å². The lowest BCUT2D eigenvalue weighted by Gasteiger charge is -2.39. The number of hydrogen-bond donors (Lipinski definition) is 0. The van der Waals surface area contributed by atoms with E-state index in [1.165, 1.54) is 11.1 Å². The first-order valence-electron chi connectivity index (χ1n) is 11.1. The molecule has 1 aliphatic carbocycles. The quantitative estimate of drug-likeness (QED) is 0.702. The molecule has 0 unspecified atom stereocenters. The molecule has 2 heterocycles. The van der Waals surface area contributed by atoms with Crippen molar-refractivity contribution >= 4 is 10.0 Å². The first kappa shape index (κ1) is 21.2. The number of rotatable bonds is 6. The molecule has 1 aromatic carbocycles. The fourth-order valence-corrected chi connectivity index (χ4v) is 6.34. The molecule has 6 nitrogen and oxygen atoms in total. The van der Waals surface area contributed by atoms with Crippen LogP contribution in [0.3, 0.4) is 0 Å². The van der Waals surface area contributed by atoms with E-state index in [0.717, 1.165) is 65.1 Å². The smallest absolute Gasteiger partial charge is 0.243 e. The second-order valence-electron chi connectivity index (χ2n) is 9.13. The van der Waals surface area contributed by atoms with E-state index in [1.807, 2.05) is 12.1 Å². The van der Waals surface area contributed by atoms with Crippen molar-refractivity contribution in [3.8, 4) is 0 Å². The minimum atomic E-state index is -3.40. The van der Waals surface area contributed by atoms with Crippen molar-refractivity contribution in [1.82, 2.24) is 14.1 Å². The minimum absolute atomic E-state index is 0.224. The molecular formula is C22H35N3O3S. The Morgan fingerprint density at radius 3 is 2.55 bits per heavy atom. The van der Waals surface area contributed by atoms with E-state index < -0.39 is 10.0 Å². The van der Waals surface area contributed by atoms with Gasteiger partial charge in [-0.3, -0.25) is 9.80 Å². The van der Waals surface area contributed by atoms with Gasteiger partial charge in [-0.1, -0.05) is 19.9 Å². The van der Waals surface area contributed by atoms with Crippen molar-refractivity contribution in [3.05, 3.63) is 29.3 Å². The van der Waals surface area contributed by atoms with Crippen LogP contribution < -0.4 is 0 Å². The average molecular weight is 422 g/mol. The summed E-state index contributed by atoms with van der Waals surface area (Å²) in [4.78, 5) is 5.32. The molecule has 0 radical (unpaired) electrons. The third kappa shape index (κ3) is 5.02. The maximum atomic E-state index is 13.1. The standard InChI is InChI=1S/C22H35N3O3S/c1-18(2)15-24-12-13-28-21(17-24)16-23-8-10-25(11-9-23)29(26,27)22-7-6-19-4-3-5-20(19)14-22/h6-7,14,18,21H,3-5,8-13,15-17H2,1-2H3/t21-/m1/s1. The number of morpholine rings is 1. The van der Waals surface area contributed by atoms with E-state index in [2.05, 4.69) is 23.6 Å². The summed E-state index contributed by atoms with van der Waals surface area (Å²) >= 11 is 0. The van der Waals surface area contributed by atoms with Gasteiger partial charge in [0.15, 0.2) is 0 Å². The van der Waals surface area contributed by atoms with Crippen LogP contribution in [0.1, 0.15) is 31.4 Å². The molecule has 1 aromatic rings. The van der Waals surface area contributed by atoms with E-state index in [-0.39, 0.29) is 6.10 Å². The molecule has 0 spiro atoms. The average Bonchev–Trinajstić information content (AvgIpc) is 3.16. The fourth-order valence-electron chi connectivity index (χ4n) is 4.87. The highest BCUT2D eigenvalue weighted by Gasteiger charge is 2.31. The van der Waals surface area contributed by atoms with Gasteiger partial charge in [-0.15, -0.1) is 0 Å². The Balaban J connectivity index is 1.31. The summed E-state index contributed by atoms with van der Waals surface area (Å²) in [7, 11) is -3.40. The Hall–Kier alpha value is -0.990. The summed E-state index contributed by atoms with van der Waals surface area (Å²) in [5, 5.41) is 0. The second-order valence-corrected chi connectivity index (χ2v) is 11.1. The van der Waals surface area contributed by atoms with Gasteiger partial charge >= 0.3 is 0 Å². The van der Waals surface area contributed by atoms with Crippen molar-refractivity contribution in [3.63, 3.8) is 0 Å². The fraction of sp³-hybridized carbons (Fsp3) is 0.727. The van der Waals surface area contributed by atoms with Crippen LogP contribution >= 0.6 is 0 Å². The molecule has 1 atom stereocenters. The predicted octanol–water partition coefficient (Wildman–Crippen LogP) is 1.84. The van der Waals surface area contributed by atoms with Gasteiger partial charge in [0.2, 0.25) is 10.0 Å². The molecule has 2 fully saturated rings. The molecule has 0 aromatic heterocycles. The van der Waals surface area contributed by atoms with Crippen molar-refractivity contribution in [2.75, 3.05) is 59.0 Å². The van der Waals surface area contributed by atoms with E-state index in [4.69, 9.17) is 4.74 Å². The number of ether oxygens (including phenoxy) is 1. The van der Waals surface area contributed by atoms with Crippen molar-refractivity contribution < 1.29 is 13.2 Å². The monoisotopic (exact) mass is 421 g/mol. The molecule has 0 N–H and O–H groups in total. The largest absolute Gasteiger partial charge is 0.374 e. The molecule has 2 aliphatic heterocycles. The van der Waals surface area contributed by atoms with Gasteiger partial charge in [0.25, 0.3) is 0 Å². The molecule has 3 aliphatic rings. The normalized spacial score (nSPS) is 24.9. The van der Waals surface area contributed by atoms with Gasteiger partial charge < -0.3 is 4.74 Å². The van der Waals surface area contributed by atoms with E-state index in [0.29, 0.717) is 23.9 Å². The number of aryl methyl sites for hydroxylation is 2. The Morgan fingerprint density at radius 2 is 1.79 bits per heavy atom. The first-order valence-corrected chi connectivity index (χ1v) is 12.5. The van der Waals surface area contributed by atoms with Crippen LogP contribution in [0.15, 0.2) is 23.1 Å². The summed E-state index contributed by atoms with van der Waals surface area (Å²) in [5.41, 5.74) is 2.53. The third-order valence-corrected chi connectivity index (χ3v) is 8.24. The second kappa shape index (κ2) is 9.02. The third-order valence-electron chi connectivity index (χ3n) is 6.35. The van der Waals surface area contributed by atoms with E-state index >= 15 is 0 Å². The minimum Gasteiger partial charge on any atom is -0.374 e. The molecule has 7 heteroatoms. The molecule has 29 heavy (non-hydrogen) atoms. The van der Waals surface area contributed by atoms with E-state index in [9.17, 15) is 8.42 Å². The lowest BCUT2D eigenvalue weighted by Crippen LogP contribution is -2.53. The molecule has 2 saturated heterocycles. The summed E-state index contributed by atoms with van der Waals surface area (Å²) in [5.74, 6) is 0.668. The summed E-state index contributed by atoms with van der Waals surface area (Å²) in [6.07, 6.45) is 3.44. The Kier molecular flexibility index (Phi) is 6.61. The number of piperazine rings is 1. The van der Waals surface area contributed by atoms with Crippen LogP contribution in [0.5, 0.6) is 0 Å². The molecule has 4 rings (SSSR count). The van der Waals surface area contributed by atoms with Crippen LogP contribution in [-0.2, 0) is 27.6 Å². The summed E-state index contributed by atoms with van der Waals surface area (Å²) in [6.45, 7) is 12.0. The van der Waals surface area contributed by atoms with Crippen molar-refractivity contribution in [1.29, 1.82) is 0 Å². The van der Waals surface area contributed by atoms with Gasteiger partial charge in [0, 0.05) is 52.4 Å². The van der Waals surface area contributed by atoms with Crippen LogP contribution in [0.4, 0.5) is 0 Å². The highest BCUT2D eigenvalue weighted by molar-refractivity contribution is 7.89. The zero-order chi connectivity index (χ0) is 20.4. The van der Waals surface area contributed by atoms with Crippen LogP contribution in [0, 0.1) is 5.92 Å². The van der Waals surface area contributed by atoms with Crippen molar-refractivity contribution in [2.24, 2.45) is 5.92 Å². The lowest BCUT2D eigenvalue weighted by atomic mass is 10.1. The van der Waals surface area contributed by atoms with Crippen LogP contribution in [0.25, 0.3) is 0 Å². The lowest BCUT2D eigenvalue weighted by molar-refractivity contribution is -0.0486. The zero-order valence-electron chi connectivity index (χ0n) is 17.8. The van der Waals surface area contributed by atoms with Gasteiger partial charge in [0.05, 0.1) is 17.6 Å². The highest BCUT2D eigenvalue weighted by atomic mass is 32.2.